The van der Waals surface area contributed by atoms with E-state index >= 15 is 0 Å². The van der Waals surface area contributed by atoms with E-state index in [2.05, 4.69) is 10.6 Å². The van der Waals surface area contributed by atoms with Crippen LogP contribution in [0.2, 0.25) is 5.02 Å². The highest BCUT2D eigenvalue weighted by atomic mass is 35.5. The lowest BCUT2D eigenvalue weighted by atomic mass is 10.1. The first kappa shape index (κ1) is 17.7. The van der Waals surface area contributed by atoms with Crippen molar-refractivity contribution in [1.29, 1.82) is 0 Å². The first-order valence-corrected chi connectivity index (χ1v) is 7.83. The van der Waals surface area contributed by atoms with Gasteiger partial charge in [0.25, 0.3) is 0 Å². The molecule has 5 nitrogen and oxygen atoms in total. The fraction of sp³-hybridized carbons (Fsp3) is 0.167. The summed E-state index contributed by atoms with van der Waals surface area (Å²) in [6.45, 7) is -0.136. The van der Waals surface area contributed by atoms with Gasteiger partial charge in [0.2, 0.25) is 11.8 Å². The monoisotopic (exact) mass is 344 g/mol. The predicted octanol–water partition coefficient (Wildman–Crippen LogP) is 3.06. The van der Waals surface area contributed by atoms with E-state index in [9.17, 15) is 14.4 Å². The fourth-order valence-corrected chi connectivity index (χ4v) is 2.13. The summed E-state index contributed by atoms with van der Waals surface area (Å²) in [5.74, 6) is -0.811. The summed E-state index contributed by atoms with van der Waals surface area (Å²) in [4.78, 5) is 35.4. The molecule has 0 unspecified atom stereocenters. The highest BCUT2D eigenvalue weighted by molar-refractivity contribution is 6.30. The topological polar surface area (TPSA) is 75.3 Å². The maximum Gasteiger partial charge on any atom is 0.243 e. The van der Waals surface area contributed by atoms with Crippen LogP contribution in [0.5, 0.6) is 0 Å². The number of carbonyl (C=O) groups is 3. The van der Waals surface area contributed by atoms with Crippen molar-refractivity contribution in [1.82, 2.24) is 5.32 Å². The molecule has 0 aliphatic carbocycles. The molecule has 2 N–H and O–H groups in total. The second-order valence-corrected chi connectivity index (χ2v) is 5.56. The summed E-state index contributed by atoms with van der Waals surface area (Å²) in [7, 11) is 0. The Bertz CT molecular complexity index is 715. The van der Waals surface area contributed by atoms with Gasteiger partial charge < -0.3 is 10.6 Å². The third-order valence-corrected chi connectivity index (χ3v) is 3.50. The van der Waals surface area contributed by atoms with Gasteiger partial charge >= 0.3 is 0 Å². The summed E-state index contributed by atoms with van der Waals surface area (Å²) in [5.41, 5.74) is 1.17. The molecule has 0 saturated carbocycles. The van der Waals surface area contributed by atoms with Crippen molar-refractivity contribution < 1.29 is 14.4 Å². The van der Waals surface area contributed by atoms with Crippen LogP contribution in [0.3, 0.4) is 0 Å². The van der Waals surface area contributed by atoms with E-state index in [1.165, 1.54) is 0 Å². The molecule has 0 aliphatic heterocycles. The van der Waals surface area contributed by atoms with E-state index in [0.717, 1.165) is 0 Å². The van der Waals surface area contributed by atoms with Gasteiger partial charge in [0.1, 0.15) is 0 Å². The van der Waals surface area contributed by atoms with E-state index in [0.29, 0.717) is 16.3 Å². The van der Waals surface area contributed by atoms with Crippen LogP contribution in [0.25, 0.3) is 0 Å². The number of nitrogens with one attached hydrogen (secondary N) is 2. The van der Waals surface area contributed by atoms with Crippen LogP contribution < -0.4 is 10.6 Å². The lowest BCUT2D eigenvalue weighted by molar-refractivity contribution is -0.124. The summed E-state index contributed by atoms with van der Waals surface area (Å²) < 4.78 is 0. The number of carbonyl (C=O) groups excluding carboxylic acids is 3. The molecule has 0 spiro atoms. The van der Waals surface area contributed by atoms with Crippen molar-refractivity contribution >= 4 is 34.9 Å². The zero-order chi connectivity index (χ0) is 17.4. The van der Waals surface area contributed by atoms with Crippen molar-refractivity contribution in [2.24, 2.45) is 0 Å². The average Bonchev–Trinajstić information content (AvgIpc) is 2.59. The second-order valence-electron chi connectivity index (χ2n) is 5.12. The van der Waals surface area contributed by atoms with Gasteiger partial charge in [0.05, 0.1) is 6.54 Å². The Balaban J connectivity index is 1.70. The van der Waals surface area contributed by atoms with Gasteiger partial charge in [-0.1, -0.05) is 29.8 Å². The minimum absolute atomic E-state index is 0.0279. The molecule has 24 heavy (non-hydrogen) atoms. The molecule has 2 aromatic carbocycles. The van der Waals surface area contributed by atoms with Crippen LogP contribution in [-0.4, -0.2) is 24.1 Å². The van der Waals surface area contributed by atoms with E-state index in [4.69, 9.17) is 11.6 Å². The quantitative estimate of drug-likeness (QED) is 0.758. The Labute approximate surface area is 145 Å². The Hall–Kier alpha value is -2.66. The molecule has 0 atom stereocenters. The molecule has 2 amide bonds. The van der Waals surface area contributed by atoms with E-state index in [1.54, 1.807) is 48.5 Å². The zero-order valence-electron chi connectivity index (χ0n) is 12.9. The molecule has 0 aliphatic rings. The number of para-hydroxylation sites is 1. The first-order valence-electron chi connectivity index (χ1n) is 7.45. The minimum atomic E-state index is -0.347. The largest absolute Gasteiger partial charge is 0.347 e. The molecular formula is C18H17ClN2O3. The smallest absolute Gasteiger partial charge is 0.243 e. The van der Waals surface area contributed by atoms with E-state index < -0.39 is 0 Å². The molecule has 0 heterocycles. The third-order valence-electron chi connectivity index (χ3n) is 3.25. The minimum Gasteiger partial charge on any atom is -0.347 e. The van der Waals surface area contributed by atoms with Crippen LogP contribution in [0.1, 0.15) is 23.2 Å². The van der Waals surface area contributed by atoms with Gasteiger partial charge in [-0.3, -0.25) is 14.4 Å². The predicted molar refractivity (Wildman–Crippen MR) is 93.1 cm³/mol. The SMILES string of the molecule is O=C(CCC(=O)c1ccc(Cl)cc1)NCC(=O)Nc1ccccc1. The lowest BCUT2D eigenvalue weighted by Crippen LogP contribution is -2.33. The van der Waals surface area contributed by atoms with Crippen LogP contribution in [0.4, 0.5) is 5.69 Å². The zero-order valence-corrected chi connectivity index (χ0v) is 13.7. The van der Waals surface area contributed by atoms with Gasteiger partial charge in [-0.15, -0.1) is 0 Å². The summed E-state index contributed by atoms with van der Waals surface area (Å²) >= 11 is 5.76. The van der Waals surface area contributed by atoms with Gasteiger partial charge in [0.15, 0.2) is 5.78 Å². The maximum atomic E-state index is 11.9. The maximum absolute atomic E-state index is 11.9. The van der Waals surface area contributed by atoms with Crippen molar-refractivity contribution in [3.63, 3.8) is 0 Å². The number of rotatable bonds is 7. The van der Waals surface area contributed by atoms with Gasteiger partial charge in [-0.05, 0) is 36.4 Å². The third kappa shape index (κ3) is 5.85. The van der Waals surface area contributed by atoms with Crippen LogP contribution in [0, 0.1) is 0 Å². The number of amides is 2. The number of hydrogen-bond donors (Lipinski definition) is 2. The van der Waals surface area contributed by atoms with Crippen molar-refractivity contribution in [2.45, 2.75) is 12.8 Å². The Kier molecular flexibility index (Phi) is 6.51. The molecule has 0 fully saturated rings. The van der Waals surface area contributed by atoms with Crippen LogP contribution in [-0.2, 0) is 9.59 Å². The summed E-state index contributed by atoms with van der Waals surface area (Å²) in [5, 5.41) is 5.70. The number of halogens is 1. The molecule has 2 aromatic rings. The van der Waals surface area contributed by atoms with E-state index in [1.807, 2.05) is 6.07 Å². The first-order chi connectivity index (χ1) is 11.5. The standard InChI is InChI=1S/C18H17ClN2O3/c19-14-8-6-13(7-9-14)16(22)10-11-17(23)20-12-18(24)21-15-4-2-1-3-5-15/h1-9H,10-12H2,(H,20,23)(H,21,24). The lowest BCUT2D eigenvalue weighted by Gasteiger charge is -2.07. The van der Waals surface area contributed by atoms with Gasteiger partial charge in [-0.25, -0.2) is 0 Å². The molecular weight excluding hydrogens is 328 g/mol. The molecule has 0 saturated heterocycles. The van der Waals surface area contributed by atoms with Crippen molar-refractivity contribution in [3.05, 3.63) is 65.2 Å². The number of benzene rings is 2. The highest BCUT2D eigenvalue weighted by Crippen LogP contribution is 2.11. The normalized spacial score (nSPS) is 10.0. The Morgan fingerprint density at radius 1 is 0.833 bits per heavy atom. The molecule has 0 aromatic heterocycles. The van der Waals surface area contributed by atoms with Gasteiger partial charge in [-0.2, -0.15) is 0 Å². The highest BCUT2D eigenvalue weighted by Gasteiger charge is 2.10. The average molecular weight is 345 g/mol. The fourth-order valence-electron chi connectivity index (χ4n) is 2.00. The Morgan fingerprint density at radius 2 is 1.50 bits per heavy atom. The van der Waals surface area contributed by atoms with Crippen LogP contribution >= 0.6 is 11.6 Å². The summed E-state index contributed by atoms with van der Waals surface area (Å²) in [6.07, 6.45) is 0.105. The second kappa shape index (κ2) is 8.84. The van der Waals surface area contributed by atoms with Crippen molar-refractivity contribution in [3.8, 4) is 0 Å². The number of hydrogen-bond acceptors (Lipinski definition) is 3. The molecule has 2 rings (SSSR count). The van der Waals surface area contributed by atoms with Gasteiger partial charge in [0, 0.05) is 29.1 Å². The Morgan fingerprint density at radius 3 is 2.17 bits per heavy atom. The molecule has 0 radical (unpaired) electrons. The number of Topliss-reactive ketones (excluding diaryl/α,β-unsaturated/α-hetero) is 1. The summed E-state index contributed by atoms with van der Waals surface area (Å²) in [6, 6.07) is 15.5. The number of anilines is 1. The molecule has 6 heteroatoms. The molecule has 124 valence electrons. The van der Waals surface area contributed by atoms with Crippen LogP contribution in [0.15, 0.2) is 54.6 Å². The molecule has 0 bridgehead atoms. The number of ketones is 1. The van der Waals surface area contributed by atoms with E-state index in [-0.39, 0.29) is 37.0 Å². The van der Waals surface area contributed by atoms with Crippen molar-refractivity contribution in [2.75, 3.05) is 11.9 Å².